The molecular formula is C13H21ClN8OS. The van der Waals surface area contributed by atoms with E-state index in [1.54, 1.807) is 11.7 Å². The van der Waals surface area contributed by atoms with Gasteiger partial charge in [0.05, 0.1) is 17.9 Å². The molecule has 0 fully saturated rings. The standard InChI is InChI=1S/C13H20N8OS.ClH/c1-20-13(16-18-19-20)23-7-5-15-12(22)3-2-10-8-11-9-14-4-6-21(11)17-10;/h8,14H,2-7,9H2,1H3,(H,15,22);1H. The quantitative estimate of drug-likeness (QED) is 0.511. The number of nitrogens with one attached hydrogen (secondary N) is 2. The number of fused-ring (bicyclic) bond motifs is 1. The lowest BCUT2D eigenvalue weighted by Gasteiger charge is -2.13. The maximum atomic E-state index is 11.9. The van der Waals surface area contributed by atoms with Crippen molar-refractivity contribution in [2.75, 3.05) is 18.8 Å². The molecule has 0 saturated carbocycles. The first-order valence-electron chi connectivity index (χ1n) is 7.60. The Morgan fingerprint density at radius 2 is 2.38 bits per heavy atom. The Hall–Kier alpha value is -1.65. The Kier molecular flexibility index (Phi) is 7.00. The molecule has 0 unspecified atom stereocenters. The third-order valence-electron chi connectivity index (χ3n) is 3.57. The molecule has 0 aromatic carbocycles. The lowest BCUT2D eigenvalue weighted by molar-refractivity contribution is -0.120. The number of nitrogens with zero attached hydrogens (tertiary/aromatic N) is 6. The van der Waals surface area contributed by atoms with Gasteiger partial charge in [-0.1, -0.05) is 11.8 Å². The first-order valence-corrected chi connectivity index (χ1v) is 8.59. The number of hydrogen-bond donors (Lipinski definition) is 2. The molecule has 0 spiro atoms. The molecule has 2 aromatic heterocycles. The number of aryl methyl sites for hydroxylation is 2. The number of tetrazole rings is 1. The molecule has 3 heterocycles. The summed E-state index contributed by atoms with van der Waals surface area (Å²) in [7, 11) is 1.79. The van der Waals surface area contributed by atoms with Gasteiger partial charge in [-0.05, 0) is 16.5 Å². The number of aromatic nitrogens is 6. The second-order valence-corrected chi connectivity index (χ2v) is 6.37. The first kappa shape index (κ1) is 18.7. The molecule has 2 aromatic rings. The zero-order valence-corrected chi connectivity index (χ0v) is 15.1. The fourth-order valence-corrected chi connectivity index (χ4v) is 3.09. The highest BCUT2D eigenvalue weighted by molar-refractivity contribution is 7.99. The van der Waals surface area contributed by atoms with Gasteiger partial charge in [-0.3, -0.25) is 9.48 Å². The Morgan fingerprint density at radius 1 is 1.50 bits per heavy atom. The molecule has 9 nitrogen and oxygen atoms in total. The number of hydrogen-bond acceptors (Lipinski definition) is 7. The highest BCUT2D eigenvalue weighted by Gasteiger charge is 2.12. The van der Waals surface area contributed by atoms with E-state index in [1.165, 1.54) is 17.5 Å². The average Bonchev–Trinajstić information content (AvgIpc) is 3.15. The van der Waals surface area contributed by atoms with Crippen LogP contribution in [0.25, 0.3) is 0 Å². The van der Waals surface area contributed by atoms with Crippen LogP contribution in [0.3, 0.4) is 0 Å². The summed E-state index contributed by atoms with van der Waals surface area (Å²) in [4.78, 5) is 11.9. The number of carbonyl (C=O) groups is 1. The summed E-state index contributed by atoms with van der Waals surface area (Å²) >= 11 is 1.52. The van der Waals surface area contributed by atoms with Gasteiger partial charge in [-0.25, -0.2) is 4.68 Å². The normalized spacial score (nSPS) is 13.2. The summed E-state index contributed by atoms with van der Waals surface area (Å²) in [6.45, 7) is 3.30. The third-order valence-corrected chi connectivity index (χ3v) is 4.58. The van der Waals surface area contributed by atoms with Crippen molar-refractivity contribution in [2.45, 2.75) is 31.1 Å². The van der Waals surface area contributed by atoms with Crippen molar-refractivity contribution < 1.29 is 4.79 Å². The van der Waals surface area contributed by atoms with E-state index in [1.807, 2.05) is 4.68 Å². The van der Waals surface area contributed by atoms with Crippen LogP contribution in [0.5, 0.6) is 0 Å². The molecule has 3 rings (SSSR count). The summed E-state index contributed by atoms with van der Waals surface area (Å²) in [6.07, 6.45) is 1.13. The van der Waals surface area contributed by atoms with Crippen LogP contribution in [0, 0.1) is 0 Å². The minimum atomic E-state index is 0. The maximum absolute atomic E-state index is 11.9. The summed E-state index contributed by atoms with van der Waals surface area (Å²) < 4.78 is 3.64. The highest BCUT2D eigenvalue weighted by atomic mass is 35.5. The van der Waals surface area contributed by atoms with Crippen molar-refractivity contribution in [3.8, 4) is 0 Å². The summed E-state index contributed by atoms with van der Waals surface area (Å²) in [6, 6.07) is 2.08. The van der Waals surface area contributed by atoms with Crippen molar-refractivity contribution in [1.29, 1.82) is 0 Å². The number of amides is 1. The van der Waals surface area contributed by atoms with E-state index in [2.05, 4.69) is 37.3 Å². The average molecular weight is 373 g/mol. The topological polar surface area (TPSA) is 103 Å². The molecule has 132 valence electrons. The Bertz CT molecular complexity index is 649. The minimum Gasteiger partial charge on any atom is -0.355 e. The Morgan fingerprint density at radius 3 is 3.12 bits per heavy atom. The number of thioether (sulfide) groups is 1. The van der Waals surface area contributed by atoms with Gasteiger partial charge in [0.2, 0.25) is 11.1 Å². The van der Waals surface area contributed by atoms with Crippen molar-refractivity contribution in [3.63, 3.8) is 0 Å². The van der Waals surface area contributed by atoms with Crippen LogP contribution in [-0.4, -0.2) is 54.7 Å². The van der Waals surface area contributed by atoms with E-state index in [0.717, 1.165) is 36.2 Å². The highest BCUT2D eigenvalue weighted by Crippen LogP contribution is 2.11. The maximum Gasteiger partial charge on any atom is 0.220 e. The molecule has 1 aliphatic heterocycles. The van der Waals surface area contributed by atoms with E-state index in [4.69, 9.17) is 0 Å². The van der Waals surface area contributed by atoms with Gasteiger partial charge in [0.15, 0.2) is 0 Å². The Labute approximate surface area is 150 Å². The predicted octanol–water partition coefficient (Wildman–Crippen LogP) is -0.227. The van der Waals surface area contributed by atoms with Crippen LogP contribution in [-0.2, 0) is 31.4 Å². The smallest absolute Gasteiger partial charge is 0.220 e. The molecule has 0 radical (unpaired) electrons. The van der Waals surface area contributed by atoms with Crippen molar-refractivity contribution >= 4 is 30.1 Å². The second kappa shape index (κ2) is 9.00. The summed E-state index contributed by atoms with van der Waals surface area (Å²) in [5.74, 6) is 0.787. The van der Waals surface area contributed by atoms with Gasteiger partial charge >= 0.3 is 0 Å². The zero-order chi connectivity index (χ0) is 16.1. The fourth-order valence-electron chi connectivity index (χ4n) is 2.38. The van der Waals surface area contributed by atoms with Gasteiger partial charge in [-0.15, -0.1) is 17.5 Å². The number of rotatable bonds is 7. The van der Waals surface area contributed by atoms with Crippen molar-refractivity contribution in [2.24, 2.45) is 7.05 Å². The van der Waals surface area contributed by atoms with E-state index < -0.39 is 0 Å². The van der Waals surface area contributed by atoms with Crippen molar-refractivity contribution in [3.05, 3.63) is 17.5 Å². The lowest BCUT2D eigenvalue weighted by Crippen LogP contribution is -2.28. The molecule has 11 heteroatoms. The van der Waals surface area contributed by atoms with Crippen LogP contribution in [0.1, 0.15) is 17.8 Å². The van der Waals surface area contributed by atoms with E-state index in [0.29, 0.717) is 19.4 Å². The largest absolute Gasteiger partial charge is 0.355 e. The van der Waals surface area contributed by atoms with Gasteiger partial charge in [0.25, 0.3) is 0 Å². The summed E-state index contributed by atoms with van der Waals surface area (Å²) in [5.41, 5.74) is 2.18. The number of carbonyl (C=O) groups excluding carboxylic acids is 1. The molecule has 1 amide bonds. The third kappa shape index (κ3) is 4.92. The molecule has 1 aliphatic rings. The molecule has 0 aliphatic carbocycles. The first-order chi connectivity index (χ1) is 11.2. The van der Waals surface area contributed by atoms with Gasteiger partial charge < -0.3 is 10.6 Å². The molecule has 2 N–H and O–H groups in total. The van der Waals surface area contributed by atoms with Gasteiger partial charge in [0.1, 0.15) is 0 Å². The number of halogens is 1. The van der Waals surface area contributed by atoms with Crippen LogP contribution >= 0.6 is 24.2 Å². The van der Waals surface area contributed by atoms with Crippen LogP contribution in [0.4, 0.5) is 0 Å². The molecule has 0 bridgehead atoms. The molecule has 0 atom stereocenters. The zero-order valence-electron chi connectivity index (χ0n) is 13.4. The molecular weight excluding hydrogens is 352 g/mol. The van der Waals surface area contributed by atoms with E-state index in [-0.39, 0.29) is 18.3 Å². The van der Waals surface area contributed by atoms with Crippen molar-refractivity contribution in [1.82, 2.24) is 40.6 Å². The van der Waals surface area contributed by atoms with Crippen LogP contribution < -0.4 is 10.6 Å². The lowest BCUT2D eigenvalue weighted by atomic mass is 10.2. The fraction of sp³-hybridized carbons (Fsp3) is 0.615. The van der Waals surface area contributed by atoms with Crippen LogP contribution in [0.15, 0.2) is 11.2 Å². The van der Waals surface area contributed by atoms with E-state index in [9.17, 15) is 4.79 Å². The summed E-state index contributed by atoms with van der Waals surface area (Å²) in [5, 5.41) is 22.7. The van der Waals surface area contributed by atoms with E-state index >= 15 is 0 Å². The molecule has 0 saturated heterocycles. The molecule has 24 heavy (non-hydrogen) atoms. The van der Waals surface area contributed by atoms with Gasteiger partial charge in [-0.2, -0.15) is 5.10 Å². The monoisotopic (exact) mass is 372 g/mol. The van der Waals surface area contributed by atoms with Crippen LogP contribution in [0.2, 0.25) is 0 Å². The predicted molar refractivity (Wildman–Crippen MR) is 92.0 cm³/mol. The second-order valence-electron chi connectivity index (χ2n) is 5.31. The van der Waals surface area contributed by atoms with Gasteiger partial charge in [0, 0.05) is 45.3 Å². The Balaban J connectivity index is 0.00000208. The minimum absolute atomic E-state index is 0. The SMILES string of the molecule is Cl.Cn1nnnc1SCCNC(=O)CCc1cc2n(n1)CCNC2.